The van der Waals surface area contributed by atoms with Crippen LogP contribution in [0.15, 0.2) is 24.3 Å². The second kappa shape index (κ2) is 9.56. The van der Waals surface area contributed by atoms with Crippen LogP contribution in [0.25, 0.3) is 0 Å². The Labute approximate surface area is 133 Å². The lowest BCUT2D eigenvalue weighted by Gasteiger charge is -2.38. The summed E-state index contributed by atoms with van der Waals surface area (Å²) in [6.07, 6.45) is 1.14. The fourth-order valence-corrected chi connectivity index (χ4v) is 2.74. The number of nitrogens with one attached hydrogen (secondary N) is 1. The summed E-state index contributed by atoms with van der Waals surface area (Å²) < 4.78 is 13.1. The van der Waals surface area contributed by atoms with E-state index < -0.39 is 0 Å². The first-order valence-corrected chi connectivity index (χ1v) is 6.92. The van der Waals surface area contributed by atoms with Crippen LogP contribution in [0.4, 0.5) is 4.39 Å². The van der Waals surface area contributed by atoms with E-state index in [4.69, 9.17) is 0 Å². The van der Waals surface area contributed by atoms with E-state index in [1.807, 2.05) is 12.1 Å². The lowest BCUT2D eigenvalue weighted by Crippen LogP contribution is -2.46. The minimum atomic E-state index is -0.151. The fraction of sp³-hybridized carbons (Fsp3) is 0.600. The van der Waals surface area contributed by atoms with Crippen molar-refractivity contribution in [2.24, 2.45) is 5.92 Å². The van der Waals surface area contributed by atoms with Crippen molar-refractivity contribution in [2.45, 2.75) is 26.3 Å². The summed E-state index contributed by atoms with van der Waals surface area (Å²) in [5, 5.41) is 3.39. The highest BCUT2D eigenvalue weighted by atomic mass is 35.5. The van der Waals surface area contributed by atoms with Crippen LogP contribution in [-0.2, 0) is 0 Å². The van der Waals surface area contributed by atoms with Gasteiger partial charge in [0.2, 0.25) is 0 Å². The van der Waals surface area contributed by atoms with E-state index in [-0.39, 0.29) is 30.6 Å². The minimum Gasteiger partial charge on any atom is -0.314 e. The summed E-state index contributed by atoms with van der Waals surface area (Å²) in [5.74, 6) is 0.440. The SMILES string of the molecule is CCC(C)[C@H](c1ccc(F)cc1)N1CCNCC1.Cl.Cl. The monoisotopic (exact) mass is 322 g/mol. The number of hydrogen-bond donors (Lipinski definition) is 1. The Bertz CT molecular complexity index is 367. The highest BCUT2D eigenvalue weighted by molar-refractivity contribution is 5.85. The molecule has 2 nitrogen and oxygen atoms in total. The molecular formula is C15H25Cl2FN2. The van der Waals surface area contributed by atoms with Gasteiger partial charge in [-0.1, -0.05) is 32.4 Å². The van der Waals surface area contributed by atoms with Gasteiger partial charge in [0.15, 0.2) is 0 Å². The van der Waals surface area contributed by atoms with Gasteiger partial charge in [0.1, 0.15) is 5.82 Å². The van der Waals surface area contributed by atoms with Gasteiger partial charge in [-0.3, -0.25) is 4.90 Å². The van der Waals surface area contributed by atoms with Crippen molar-refractivity contribution in [2.75, 3.05) is 26.2 Å². The fourth-order valence-electron chi connectivity index (χ4n) is 2.74. The molecule has 1 fully saturated rings. The third kappa shape index (κ3) is 4.88. The zero-order chi connectivity index (χ0) is 13.0. The Kier molecular flexibility index (Phi) is 9.39. The molecule has 20 heavy (non-hydrogen) atoms. The van der Waals surface area contributed by atoms with Crippen LogP contribution in [0.5, 0.6) is 0 Å². The van der Waals surface area contributed by atoms with Crippen molar-refractivity contribution in [3.63, 3.8) is 0 Å². The summed E-state index contributed by atoms with van der Waals surface area (Å²) in [4.78, 5) is 2.53. The summed E-state index contributed by atoms with van der Waals surface area (Å²) >= 11 is 0. The molecular weight excluding hydrogens is 298 g/mol. The number of halogens is 3. The van der Waals surface area contributed by atoms with E-state index in [1.54, 1.807) is 12.1 Å². The van der Waals surface area contributed by atoms with Crippen molar-refractivity contribution in [1.82, 2.24) is 10.2 Å². The summed E-state index contributed by atoms with van der Waals surface area (Å²) in [6, 6.07) is 7.44. The third-order valence-corrected chi connectivity index (χ3v) is 3.94. The number of hydrogen-bond acceptors (Lipinski definition) is 2. The smallest absolute Gasteiger partial charge is 0.123 e. The van der Waals surface area contributed by atoms with Crippen LogP contribution in [0.2, 0.25) is 0 Å². The zero-order valence-electron chi connectivity index (χ0n) is 12.1. The van der Waals surface area contributed by atoms with E-state index in [0.29, 0.717) is 12.0 Å². The van der Waals surface area contributed by atoms with Gasteiger partial charge >= 0.3 is 0 Å². The van der Waals surface area contributed by atoms with Gasteiger partial charge < -0.3 is 5.32 Å². The van der Waals surface area contributed by atoms with Gasteiger partial charge in [0.05, 0.1) is 0 Å². The molecule has 1 saturated heterocycles. The molecule has 5 heteroatoms. The molecule has 0 saturated carbocycles. The highest BCUT2D eigenvalue weighted by Crippen LogP contribution is 2.30. The third-order valence-electron chi connectivity index (χ3n) is 3.94. The maximum Gasteiger partial charge on any atom is 0.123 e. The largest absolute Gasteiger partial charge is 0.314 e. The molecule has 1 unspecified atom stereocenters. The average molecular weight is 323 g/mol. The molecule has 116 valence electrons. The van der Waals surface area contributed by atoms with E-state index in [0.717, 1.165) is 32.6 Å². The van der Waals surface area contributed by atoms with Crippen molar-refractivity contribution in [3.8, 4) is 0 Å². The maximum atomic E-state index is 13.1. The van der Waals surface area contributed by atoms with Crippen LogP contribution in [-0.4, -0.2) is 31.1 Å². The molecule has 0 aliphatic carbocycles. The number of rotatable bonds is 4. The van der Waals surface area contributed by atoms with Crippen molar-refractivity contribution in [1.29, 1.82) is 0 Å². The predicted octanol–water partition coefficient (Wildman–Crippen LogP) is 3.66. The first-order valence-electron chi connectivity index (χ1n) is 6.92. The average Bonchev–Trinajstić information content (AvgIpc) is 2.42. The normalized spacial score (nSPS) is 18.6. The Balaban J connectivity index is 0.00000180. The summed E-state index contributed by atoms with van der Waals surface area (Å²) in [6.45, 7) is 8.76. The highest BCUT2D eigenvalue weighted by Gasteiger charge is 2.26. The van der Waals surface area contributed by atoms with Crippen LogP contribution in [0.3, 0.4) is 0 Å². The van der Waals surface area contributed by atoms with Crippen LogP contribution >= 0.6 is 24.8 Å². The van der Waals surface area contributed by atoms with Crippen LogP contribution in [0.1, 0.15) is 31.9 Å². The standard InChI is InChI=1S/C15H23FN2.2ClH/c1-3-12(2)15(18-10-8-17-9-11-18)13-4-6-14(16)7-5-13;;/h4-7,12,15,17H,3,8-11H2,1-2H3;2*1H/t12?,15-;;/m1../s1. The molecule has 0 spiro atoms. The van der Waals surface area contributed by atoms with Gasteiger partial charge in [-0.2, -0.15) is 0 Å². The van der Waals surface area contributed by atoms with Crippen molar-refractivity contribution < 1.29 is 4.39 Å². The molecule has 1 aromatic rings. The van der Waals surface area contributed by atoms with Crippen molar-refractivity contribution >= 4 is 24.8 Å². The first-order chi connectivity index (χ1) is 8.72. The van der Waals surface area contributed by atoms with E-state index in [1.165, 1.54) is 5.56 Å². The Morgan fingerprint density at radius 1 is 1.15 bits per heavy atom. The molecule has 2 atom stereocenters. The zero-order valence-corrected chi connectivity index (χ0v) is 13.8. The van der Waals surface area contributed by atoms with Gasteiger partial charge in [0.25, 0.3) is 0 Å². The lowest BCUT2D eigenvalue weighted by molar-refractivity contribution is 0.128. The molecule has 1 aliphatic rings. The second-order valence-electron chi connectivity index (χ2n) is 5.17. The van der Waals surface area contributed by atoms with Gasteiger partial charge in [-0.25, -0.2) is 4.39 Å². The summed E-state index contributed by atoms with van der Waals surface area (Å²) in [5.41, 5.74) is 1.24. The Morgan fingerprint density at radius 3 is 2.20 bits per heavy atom. The van der Waals surface area contributed by atoms with Gasteiger partial charge in [-0.15, -0.1) is 24.8 Å². The molecule has 1 aromatic carbocycles. The Morgan fingerprint density at radius 2 is 1.70 bits per heavy atom. The summed E-state index contributed by atoms with van der Waals surface area (Å²) in [7, 11) is 0. The molecule has 0 amide bonds. The molecule has 1 heterocycles. The Hall–Kier alpha value is -0.350. The lowest BCUT2D eigenvalue weighted by atomic mass is 9.90. The molecule has 2 rings (SSSR count). The molecule has 1 aliphatic heterocycles. The van der Waals surface area contributed by atoms with Crippen LogP contribution in [0, 0.1) is 11.7 Å². The maximum absolute atomic E-state index is 13.1. The molecule has 0 radical (unpaired) electrons. The van der Waals surface area contributed by atoms with E-state index in [2.05, 4.69) is 24.1 Å². The van der Waals surface area contributed by atoms with Gasteiger partial charge in [0, 0.05) is 32.2 Å². The number of benzene rings is 1. The quantitative estimate of drug-likeness (QED) is 0.910. The van der Waals surface area contributed by atoms with Crippen molar-refractivity contribution in [3.05, 3.63) is 35.6 Å². The molecule has 1 N–H and O–H groups in total. The number of piperazine rings is 1. The topological polar surface area (TPSA) is 15.3 Å². The van der Waals surface area contributed by atoms with Gasteiger partial charge in [-0.05, 0) is 23.6 Å². The first kappa shape index (κ1) is 19.7. The van der Waals surface area contributed by atoms with Crippen LogP contribution < -0.4 is 5.32 Å². The van der Waals surface area contributed by atoms with E-state index in [9.17, 15) is 4.39 Å². The second-order valence-corrected chi connectivity index (χ2v) is 5.17. The minimum absolute atomic E-state index is 0. The predicted molar refractivity (Wildman–Crippen MR) is 87.5 cm³/mol. The molecule has 0 aromatic heterocycles. The van der Waals surface area contributed by atoms with E-state index >= 15 is 0 Å². The number of nitrogens with zero attached hydrogens (tertiary/aromatic N) is 1. The molecule has 0 bridgehead atoms.